The van der Waals surface area contributed by atoms with E-state index in [1.807, 2.05) is 19.1 Å². The molecule has 2 nitrogen and oxygen atoms in total. The van der Waals surface area contributed by atoms with Gasteiger partial charge in [-0.3, -0.25) is 4.98 Å². The fourth-order valence-electron chi connectivity index (χ4n) is 0.945. The molecule has 58 valence electrons. The van der Waals surface area contributed by atoms with Crippen LogP contribution < -0.4 is 0 Å². The Hall–Kier alpha value is -0.600. The lowest BCUT2D eigenvalue weighted by molar-refractivity contribution is 0.324. The highest BCUT2D eigenvalue weighted by molar-refractivity contribution is 6.30. The molecule has 1 unspecified atom stereocenters. The van der Waals surface area contributed by atoms with Gasteiger partial charge >= 0.3 is 0 Å². The summed E-state index contributed by atoms with van der Waals surface area (Å²) in [5.74, 6) is 0. The molecule has 0 saturated carbocycles. The van der Waals surface area contributed by atoms with Crippen LogP contribution in [0, 0.1) is 0 Å². The topological polar surface area (TPSA) is 25.4 Å². The zero-order valence-electron chi connectivity index (χ0n) is 6.17. The second kappa shape index (κ2) is 2.19. The number of ether oxygens (including phenoxy) is 1. The van der Waals surface area contributed by atoms with Gasteiger partial charge in [-0.2, -0.15) is 0 Å². The molecule has 2 heterocycles. The predicted octanol–water partition coefficient (Wildman–Crippen LogP) is 1.98. The Bertz CT molecular complexity index is 266. The van der Waals surface area contributed by atoms with Gasteiger partial charge in [-0.05, 0) is 19.1 Å². The van der Waals surface area contributed by atoms with Crippen molar-refractivity contribution in [3.05, 3.63) is 29.0 Å². The third-order valence-electron chi connectivity index (χ3n) is 1.85. The Morgan fingerprint density at radius 2 is 2.36 bits per heavy atom. The van der Waals surface area contributed by atoms with Gasteiger partial charge in [-0.25, -0.2) is 0 Å². The summed E-state index contributed by atoms with van der Waals surface area (Å²) in [5.41, 5.74) is 0.826. The second-order valence-corrected chi connectivity index (χ2v) is 3.32. The summed E-state index contributed by atoms with van der Waals surface area (Å²) in [6.07, 6.45) is 1.64. The van der Waals surface area contributed by atoms with E-state index in [1.54, 1.807) is 6.20 Å². The normalized spacial score (nSPS) is 28.5. The van der Waals surface area contributed by atoms with E-state index in [9.17, 15) is 0 Å². The van der Waals surface area contributed by atoms with Crippen LogP contribution in [0.2, 0.25) is 5.02 Å². The summed E-state index contributed by atoms with van der Waals surface area (Å²) in [7, 11) is 0. The molecule has 2 rings (SSSR count). The molecule has 1 saturated heterocycles. The first-order valence-electron chi connectivity index (χ1n) is 3.47. The average molecular weight is 170 g/mol. The maximum Gasteiger partial charge on any atom is 0.130 e. The van der Waals surface area contributed by atoms with E-state index < -0.39 is 0 Å². The minimum Gasteiger partial charge on any atom is -0.363 e. The zero-order chi connectivity index (χ0) is 7.90. The highest BCUT2D eigenvalue weighted by Gasteiger charge is 2.42. The minimum absolute atomic E-state index is 0.134. The summed E-state index contributed by atoms with van der Waals surface area (Å²) in [4.78, 5) is 4.16. The van der Waals surface area contributed by atoms with E-state index in [4.69, 9.17) is 16.3 Å². The maximum absolute atomic E-state index is 5.68. The molecule has 1 aromatic rings. The molecule has 0 radical (unpaired) electrons. The maximum atomic E-state index is 5.68. The molecular weight excluding hydrogens is 162 g/mol. The van der Waals surface area contributed by atoms with Crippen molar-refractivity contribution < 1.29 is 4.74 Å². The molecule has 0 N–H and O–H groups in total. The van der Waals surface area contributed by atoms with Crippen LogP contribution in [0.3, 0.4) is 0 Å². The van der Waals surface area contributed by atoms with Crippen LogP contribution in [-0.2, 0) is 10.3 Å². The Balaban J connectivity index is 2.33. The number of halogens is 1. The average Bonchev–Trinajstić information content (AvgIpc) is 2.70. The third-order valence-corrected chi connectivity index (χ3v) is 2.07. The smallest absolute Gasteiger partial charge is 0.130 e. The molecule has 0 spiro atoms. The predicted molar refractivity (Wildman–Crippen MR) is 42.6 cm³/mol. The van der Waals surface area contributed by atoms with Crippen LogP contribution in [-0.4, -0.2) is 11.6 Å². The molecule has 1 aromatic heterocycles. The lowest BCUT2D eigenvalue weighted by Crippen LogP contribution is -2.03. The van der Waals surface area contributed by atoms with E-state index in [2.05, 4.69) is 4.98 Å². The lowest BCUT2D eigenvalue weighted by atomic mass is 10.1. The van der Waals surface area contributed by atoms with Gasteiger partial charge in [0.2, 0.25) is 0 Å². The van der Waals surface area contributed by atoms with Crippen LogP contribution in [0.5, 0.6) is 0 Å². The van der Waals surface area contributed by atoms with Crippen LogP contribution in [0.25, 0.3) is 0 Å². The van der Waals surface area contributed by atoms with Gasteiger partial charge in [-0.1, -0.05) is 11.6 Å². The lowest BCUT2D eigenvalue weighted by Gasteiger charge is -2.02. The van der Waals surface area contributed by atoms with Crippen molar-refractivity contribution in [2.24, 2.45) is 0 Å². The fraction of sp³-hybridized carbons (Fsp3) is 0.375. The van der Waals surface area contributed by atoms with E-state index in [1.165, 1.54) is 0 Å². The number of hydrogen-bond acceptors (Lipinski definition) is 2. The second-order valence-electron chi connectivity index (χ2n) is 2.88. The van der Waals surface area contributed by atoms with Crippen LogP contribution in [0.15, 0.2) is 18.3 Å². The van der Waals surface area contributed by atoms with Gasteiger partial charge in [0.15, 0.2) is 0 Å². The molecule has 0 bridgehead atoms. The van der Waals surface area contributed by atoms with Crippen LogP contribution in [0.4, 0.5) is 0 Å². The van der Waals surface area contributed by atoms with Crippen molar-refractivity contribution in [3.63, 3.8) is 0 Å². The number of nitrogens with zero attached hydrogens (tertiary/aromatic N) is 1. The Morgan fingerprint density at radius 3 is 2.82 bits per heavy atom. The molecule has 11 heavy (non-hydrogen) atoms. The Kier molecular flexibility index (Phi) is 1.41. The summed E-state index contributed by atoms with van der Waals surface area (Å²) in [6.45, 7) is 2.78. The van der Waals surface area contributed by atoms with E-state index in [0.29, 0.717) is 5.02 Å². The molecule has 0 amide bonds. The Labute approximate surface area is 70.2 Å². The van der Waals surface area contributed by atoms with E-state index in [0.717, 1.165) is 12.3 Å². The fourth-order valence-corrected chi connectivity index (χ4v) is 1.06. The summed E-state index contributed by atoms with van der Waals surface area (Å²) < 4.78 is 5.22. The monoisotopic (exact) mass is 169 g/mol. The first-order chi connectivity index (χ1) is 5.21. The Morgan fingerprint density at radius 1 is 1.64 bits per heavy atom. The highest BCUT2D eigenvalue weighted by Crippen LogP contribution is 2.36. The molecular formula is C8H8ClNO. The van der Waals surface area contributed by atoms with Gasteiger partial charge in [0.05, 0.1) is 17.3 Å². The largest absolute Gasteiger partial charge is 0.363 e. The van der Waals surface area contributed by atoms with Crippen molar-refractivity contribution in [2.75, 3.05) is 6.61 Å². The van der Waals surface area contributed by atoms with Gasteiger partial charge in [0.1, 0.15) is 5.60 Å². The van der Waals surface area contributed by atoms with E-state index >= 15 is 0 Å². The van der Waals surface area contributed by atoms with Gasteiger partial charge in [0.25, 0.3) is 0 Å². The molecule has 3 heteroatoms. The highest BCUT2D eigenvalue weighted by atomic mass is 35.5. The van der Waals surface area contributed by atoms with Crippen molar-refractivity contribution in [2.45, 2.75) is 12.5 Å². The SMILES string of the molecule is CC1(c2ccc(Cl)cn2)CO1. The summed E-state index contributed by atoms with van der Waals surface area (Å²) in [6, 6.07) is 3.73. The first kappa shape index (κ1) is 7.07. The number of hydrogen-bond donors (Lipinski definition) is 0. The minimum atomic E-state index is -0.134. The third kappa shape index (κ3) is 1.24. The molecule has 0 aliphatic carbocycles. The van der Waals surface area contributed by atoms with Gasteiger partial charge in [0, 0.05) is 6.20 Å². The first-order valence-corrected chi connectivity index (χ1v) is 3.84. The van der Waals surface area contributed by atoms with E-state index in [-0.39, 0.29) is 5.60 Å². The molecule has 1 aliphatic rings. The molecule has 1 aliphatic heterocycles. The number of aromatic nitrogens is 1. The van der Waals surface area contributed by atoms with Crippen molar-refractivity contribution in [1.82, 2.24) is 4.98 Å². The van der Waals surface area contributed by atoms with Crippen molar-refractivity contribution in [3.8, 4) is 0 Å². The van der Waals surface area contributed by atoms with Gasteiger partial charge < -0.3 is 4.74 Å². The standard InChI is InChI=1S/C8H8ClNO/c1-8(5-11-8)7-3-2-6(9)4-10-7/h2-4H,5H2,1H3. The molecule has 1 atom stereocenters. The number of pyridine rings is 1. The quantitative estimate of drug-likeness (QED) is 0.601. The van der Waals surface area contributed by atoms with Crippen molar-refractivity contribution in [1.29, 1.82) is 0 Å². The van der Waals surface area contributed by atoms with Gasteiger partial charge in [-0.15, -0.1) is 0 Å². The molecule has 1 fully saturated rings. The summed E-state index contributed by atoms with van der Waals surface area (Å²) in [5, 5.41) is 0.665. The van der Waals surface area contributed by atoms with Crippen molar-refractivity contribution >= 4 is 11.6 Å². The number of rotatable bonds is 1. The molecule has 0 aromatic carbocycles. The van der Waals surface area contributed by atoms with Crippen LogP contribution in [0.1, 0.15) is 12.6 Å². The number of epoxide rings is 1. The zero-order valence-corrected chi connectivity index (χ0v) is 6.93. The summed E-state index contributed by atoms with van der Waals surface area (Å²) >= 11 is 5.68. The van der Waals surface area contributed by atoms with Crippen LogP contribution >= 0.6 is 11.6 Å².